The van der Waals surface area contributed by atoms with E-state index in [4.69, 9.17) is 21.4 Å². The number of fused-ring (bicyclic) bond motifs is 1. The van der Waals surface area contributed by atoms with E-state index in [9.17, 15) is 0 Å². The monoisotopic (exact) mass is 437 g/mol. The molecule has 0 atom stereocenters. The predicted molar refractivity (Wildman–Crippen MR) is 120 cm³/mol. The van der Waals surface area contributed by atoms with Crippen LogP contribution >= 0.6 is 11.6 Å². The lowest BCUT2D eigenvalue weighted by molar-refractivity contribution is 0.130. The fourth-order valence-corrected chi connectivity index (χ4v) is 4.42. The Morgan fingerprint density at radius 2 is 1.94 bits per heavy atom. The van der Waals surface area contributed by atoms with Crippen molar-refractivity contribution in [3.8, 4) is 17.0 Å². The number of aromatic nitrogens is 6. The number of ether oxygens (including phenoxy) is 1. The minimum Gasteiger partial charge on any atom is -0.489 e. The van der Waals surface area contributed by atoms with Crippen LogP contribution in [0, 0.1) is 0 Å². The van der Waals surface area contributed by atoms with Gasteiger partial charge in [0.1, 0.15) is 17.3 Å². The summed E-state index contributed by atoms with van der Waals surface area (Å²) in [6.45, 7) is 0. The molecule has 0 amide bonds. The van der Waals surface area contributed by atoms with Crippen LogP contribution in [0.25, 0.3) is 22.2 Å². The molecule has 160 valence electrons. The maximum absolute atomic E-state index is 6.11. The second-order valence-corrected chi connectivity index (χ2v) is 8.36. The molecule has 9 heteroatoms. The number of anilines is 1. The van der Waals surface area contributed by atoms with Crippen LogP contribution in [0.15, 0.2) is 43.1 Å². The molecule has 31 heavy (non-hydrogen) atoms. The van der Waals surface area contributed by atoms with Crippen molar-refractivity contribution in [2.75, 3.05) is 12.4 Å². The van der Waals surface area contributed by atoms with Gasteiger partial charge in [-0.25, -0.2) is 4.98 Å². The predicted octanol–water partition coefficient (Wildman–Crippen LogP) is 4.48. The fourth-order valence-electron chi connectivity index (χ4n) is 4.26. The van der Waals surface area contributed by atoms with Crippen molar-refractivity contribution in [1.29, 1.82) is 0 Å². The number of hydrogen-bond donors (Lipinski definition) is 1. The first-order valence-electron chi connectivity index (χ1n) is 10.4. The van der Waals surface area contributed by atoms with Crippen LogP contribution in [0.1, 0.15) is 31.7 Å². The standard InChI is InChI=1S/C22H24ClN7O/c1-24-21-8-20-19(12-26-21)22(14-9-27-29(2)13-14)28-30(20)16-3-5-17(6-4-16)31-18-7-15(23)10-25-11-18/h7-13,16-17H,3-6H2,1-2H3,(H,24,26)/t16-,17+. The summed E-state index contributed by atoms with van der Waals surface area (Å²) < 4.78 is 10.1. The zero-order chi connectivity index (χ0) is 21.4. The average molecular weight is 438 g/mol. The molecule has 0 bridgehead atoms. The highest BCUT2D eigenvalue weighted by molar-refractivity contribution is 6.30. The Kier molecular flexibility index (Phi) is 5.23. The van der Waals surface area contributed by atoms with Gasteiger partial charge < -0.3 is 10.1 Å². The Bertz CT molecular complexity index is 1210. The Morgan fingerprint density at radius 1 is 1.10 bits per heavy atom. The molecule has 0 saturated heterocycles. The van der Waals surface area contributed by atoms with Crippen molar-refractivity contribution in [2.45, 2.75) is 37.8 Å². The van der Waals surface area contributed by atoms with Crippen molar-refractivity contribution >= 4 is 28.3 Å². The molecule has 4 aromatic heterocycles. The first-order valence-corrected chi connectivity index (χ1v) is 10.8. The summed E-state index contributed by atoms with van der Waals surface area (Å²) >= 11 is 6.03. The van der Waals surface area contributed by atoms with Crippen LogP contribution in [0.5, 0.6) is 5.75 Å². The molecule has 1 N–H and O–H groups in total. The molecule has 5 rings (SSSR count). The molecular formula is C22H24ClN7O. The summed E-state index contributed by atoms with van der Waals surface area (Å²) in [6.07, 6.45) is 13.1. The maximum Gasteiger partial charge on any atom is 0.139 e. The Labute approximate surface area is 185 Å². The highest BCUT2D eigenvalue weighted by atomic mass is 35.5. The minimum absolute atomic E-state index is 0.158. The van der Waals surface area contributed by atoms with E-state index in [2.05, 4.69) is 31.1 Å². The van der Waals surface area contributed by atoms with Crippen LogP contribution in [-0.4, -0.2) is 42.7 Å². The summed E-state index contributed by atoms with van der Waals surface area (Å²) in [5, 5.41) is 14.1. The van der Waals surface area contributed by atoms with Gasteiger partial charge in [-0.05, 0) is 25.7 Å². The van der Waals surface area contributed by atoms with Crippen LogP contribution in [0.2, 0.25) is 5.02 Å². The van der Waals surface area contributed by atoms with Crippen molar-refractivity contribution in [3.63, 3.8) is 0 Å². The molecule has 1 fully saturated rings. The van der Waals surface area contributed by atoms with E-state index in [1.54, 1.807) is 17.1 Å². The zero-order valence-corrected chi connectivity index (χ0v) is 18.3. The van der Waals surface area contributed by atoms with Gasteiger partial charge in [-0.3, -0.25) is 14.3 Å². The third kappa shape index (κ3) is 3.95. The SMILES string of the molecule is CNc1cc2c(cn1)c(-c1cnn(C)c1)nn2[C@H]1CC[C@@H](Oc2cncc(Cl)c2)CC1. The number of halogens is 1. The number of pyridine rings is 2. The van der Waals surface area contributed by atoms with Crippen LogP contribution in [0.3, 0.4) is 0 Å². The summed E-state index contributed by atoms with van der Waals surface area (Å²) in [6, 6.07) is 4.19. The zero-order valence-electron chi connectivity index (χ0n) is 17.5. The number of hydrogen-bond acceptors (Lipinski definition) is 6. The van der Waals surface area contributed by atoms with Gasteiger partial charge in [0.2, 0.25) is 0 Å². The summed E-state index contributed by atoms with van der Waals surface area (Å²) in [7, 11) is 3.79. The van der Waals surface area contributed by atoms with Gasteiger partial charge in [0.15, 0.2) is 0 Å². The average Bonchev–Trinajstić information content (AvgIpc) is 3.37. The maximum atomic E-state index is 6.11. The third-order valence-electron chi connectivity index (χ3n) is 5.80. The molecule has 1 aliphatic carbocycles. The van der Waals surface area contributed by atoms with Gasteiger partial charge in [-0.15, -0.1) is 0 Å². The van der Waals surface area contributed by atoms with Crippen molar-refractivity contribution in [1.82, 2.24) is 29.5 Å². The van der Waals surface area contributed by atoms with Crippen molar-refractivity contribution in [2.24, 2.45) is 7.05 Å². The molecule has 1 saturated carbocycles. The van der Waals surface area contributed by atoms with Crippen molar-refractivity contribution in [3.05, 3.63) is 48.1 Å². The molecule has 1 aliphatic rings. The van der Waals surface area contributed by atoms with Crippen molar-refractivity contribution < 1.29 is 4.74 Å². The molecule has 0 unspecified atom stereocenters. The number of aryl methyl sites for hydroxylation is 1. The largest absolute Gasteiger partial charge is 0.489 e. The van der Waals surface area contributed by atoms with E-state index in [-0.39, 0.29) is 6.10 Å². The lowest BCUT2D eigenvalue weighted by Crippen LogP contribution is -2.26. The third-order valence-corrected chi connectivity index (χ3v) is 6.01. The van der Waals surface area contributed by atoms with Gasteiger partial charge in [0.25, 0.3) is 0 Å². The first kappa shape index (κ1) is 19.8. The lowest BCUT2D eigenvalue weighted by atomic mass is 9.93. The Balaban J connectivity index is 1.41. The number of nitrogens with zero attached hydrogens (tertiary/aromatic N) is 6. The molecule has 4 heterocycles. The van der Waals surface area contributed by atoms with E-state index in [0.717, 1.165) is 59.4 Å². The topological polar surface area (TPSA) is 82.7 Å². The van der Waals surface area contributed by atoms with Gasteiger partial charge >= 0.3 is 0 Å². The normalized spacial score (nSPS) is 18.9. The molecular weight excluding hydrogens is 414 g/mol. The molecule has 4 aromatic rings. The van der Waals surface area contributed by atoms with E-state index in [0.29, 0.717) is 11.1 Å². The lowest BCUT2D eigenvalue weighted by Gasteiger charge is -2.29. The Morgan fingerprint density at radius 3 is 2.65 bits per heavy atom. The minimum atomic E-state index is 0.158. The van der Waals surface area contributed by atoms with E-state index >= 15 is 0 Å². The summed E-state index contributed by atoms with van der Waals surface area (Å²) in [5.74, 6) is 1.56. The molecule has 8 nitrogen and oxygen atoms in total. The molecule has 0 aromatic carbocycles. The Hall–Kier alpha value is -3.13. The van der Waals surface area contributed by atoms with Gasteiger partial charge in [-0.1, -0.05) is 11.6 Å². The fraction of sp³-hybridized carbons (Fsp3) is 0.364. The van der Waals surface area contributed by atoms with E-state index < -0.39 is 0 Å². The smallest absolute Gasteiger partial charge is 0.139 e. The highest BCUT2D eigenvalue weighted by Gasteiger charge is 2.27. The number of nitrogens with one attached hydrogen (secondary N) is 1. The quantitative estimate of drug-likeness (QED) is 0.495. The highest BCUT2D eigenvalue weighted by Crippen LogP contribution is 2.36. The first-order chi connectivity index (χ1) is 15.1. The number of rotatable bonds is 5. The molecule has 0 spiro atoms. The summed E-state index contributed by atoms with van der Waals surface area (Å²) in [4.78, 5) is 8.62. The van der Waals surface area contributed by atoms with Crippen LogP contribution < -0.4 is 10.1 Å². The van der Waals surface area contributed by atoms with Gasteiger partial charge in [0.05, 0.1) is 35.1 Å². The summed E-state index contributed by atoms with van der Waals surface area (Å²) in [5.41, 5.74) is 3.00. The second-order valence-electron chi connectivity index (χ2n) is 7.92. The molecule has 0 aliphatic heterocycles. The van der Waals surface area contributed by atoms with Crippen LogP contribution in [0.4, 0.5) is 5.82 Å². The van der Waals surface area contributed by atoms with E-state index in [1.165, 1.54) is 0 Å². The van der Waals surface area contributed by atoms with Gasteiger partial charge in [-0.2, -0.15) is 10.2 Å². The van der Waals surface area contributed by atoms with Crippen LogP contribution in [-0.2, 0) is 7.05 Å². The second kappa shape index (κ2) is 8.19. The van der Waals surface area contributed by atoms with E-state index in [1.807, 2.05) is 38.8 Å². The van der Waals surface area contributed by atoms with Gasteiger partial charge in [0, 0.05) is 55.8 Å². The molecule has 0 radical (unpaired) electrons.